The number of alkyl carbamates (subject to hydrolysis) is 1. The van der Waals surface area contributed by atoms with Gasteiger partial charge in [-0.05, 0) is 19.3 Å². The van der Waals surface area contributed by atoms with E-state index in [4.69, 9.17) is 9.84 Å². The van der Waals surface area contributed by atoms with E-state index in [2.05, 4.69) is 5.32 Å². The van der Waals surface area contributed by atoms with E-state index in [1.165, 1.54) is 0 Å². The molecule has 0 unspecified atom stereocenters. The Kier molecular flexibility index (Phi) is 11.3. The molecule has 0 aromatic heterocycles. The van der Waals surface area contributed by atoms with Gasteiger partial charge in [0.25, 0.3) is 0 Å². The molecule has 0 aromatic rings. The molecule has 0 aromatic carbocycles. The number of carbonyl (C=O) groups excluding carboxylic acids is 1. The van der Waals surface area contributed by atoms with Crippen molar-refractivity contribution in [2.45, 2.75) is 58.3 Å². The number of carboxylic acids is 1. The van der Waals surface area contributed by atoms with Crippen LogP contribution in [0.15, 0.2) is 0 Å². The first-order valence-electron chi connectivity index (χ1n) is 6.79. The monoisotopic (exact) mass is 259 g/mol. The van der Waals surface area contributed by atoms with E-state index in [1.807, 2.05) is 6.92 Å². The highest BCUT2D eigenvalue weighted by molar-refractivity contribution is 5.67. The molecular weight excluding hydrogens is 234 g/mol. The zero-order valence-electron chi connectivity index (χ0n) is 11.2. The van der Waals surface area contributed by atoms with Crippen molar-refractivity contribution in [3.8, 4) is 0 Å². The average molecular weight is 259 g/mol. The van der Waals surface area contributed by atoms with E-state index >= 15 is 0 Å². The van der Waals surface area contributed by atoms with E-state index in [-0.39, 0.29) is 12.5 Å². The lowest BCUT2D eigenvalue weighted by Crippen LogP contribution is -2.25. The SMILES string of the molecule is CCCCOC(=O)NCCCCCCCC(=O)O. The summed E-state index contributed by atoms with van der Waals surface area (Å²) in [5, 5.41) is 11.1. The number of nitrogens with one attached hydrogen (secondary N) is 1. The van der Waals surface area contributed by atoms with Crippen molar-refractivity contribution in [1.82, 2.24) is 5.32 Å². The predicted octanol–water partition coefficient (Wildman–Crippen LogP) is 2.94. The number of hydrogen-bond donors (Lipinski definition) is 2. The van der Waals surface area contributed by atoms with Crippen molar-refractivity contribution in [2.75, 3.05) is 13.2 Å². The summed E-state index contributed by atoms with van der Waals surface area (Å²) in [6.07, 6.45) is 6.44. The molecule has 5 heteroatoms. The molecule has 0 fully saturated rings. The third-order valence-corrected chi connectivity index (χ3v) is 2.57. The molecule has 5 nitrogen and oxygen atoms in total. The number of carbonyl (C=O) groups is 2. The van der Waals surface area contributed by atoms with E-state index in [9.17, 15) is 9.59 Å². The molecule has 2 N–H and O–H groups in total. The summed E-state index contributed by atoms with van der Waals surface area (Å²) in [6, 6.07) is 0. The van der Waals surface area contributed by atoms with E-state index in [1.54, 1.807) is 0 Å². The Morgan fingerprint density at radius 1 is 1.06 bits per heavy atom. The van der Waals surface area contributed by atoms with Gasteiger partial charge in [0.15, 0.2) is 0 Å². The van der Waals surface area contributed by atoms with Gasteiger partial charge in [-0.1, -0.05) is 32.6 Å². The first kappa shape index (κ1) is 16.7. The Morgan fingerprint density at radius 2 is 1.72 bits per heavy atom. The van der Waals surface area contributed by atoms with Crippen LogP contribution in [0.25, 0.3) is 0 Å². The molecule has 0 saturated heterocycles. The van der Waals surface area contributed by atoms with Crippen molar-refractivity contribution in [3.05, 3.63) is 0 Å². The summed E-state index contributed by atoms with van der Waals surface area (Å²) in [5.74, 6) is -0.730. The van der Waals surface area contributed by atoms with Crippen LogP contribution in [-0.2, 0) is 9.53 Å². The van der Waals surface area contributed by atoms with E-state index in [0.29, 0.717) is 13.2 Å². The summed E-state index contributed by atoms with van der Waals surface area (Å²) < 4.78 is 4.94. The Labute approximate surface area is 109 Å². The Balaban J connectivity index is 3.15. The fourth-order valence-corrected chi connectivity index (χ4v) is 1.48. The lowest BCUT2D eigenvalue weighted by molar-refractivity contribution is -0.137. The summed E-state index contributed by atoms with van der Waals surface area (Å²) >= 11 is 0. The maximum absolute atomic E-state index is 11.1. The topological polar surface area (TPSA) is 75.6 Å². The second-order valence-corrected chi connectivity index (χ2v) is 4.33. The van der Waals surface area contributed by atoms with Crippen LogP contribution < -0.4 is 5.32 Å². The van der Waals surface area contributed by atoms with Crippen LogP contribution >= 0.6 is 0 Å². The van der Waals surface area contributed by atoms with Gasteiger partial charge in [-0.2, -0.15) is 0 Å². The van der Waals surface area contributed by atoms with Crippen LogP contribution in [0.4, 0.5) is 4.79 Å². The number of rotatable bonds is 11. The molecule has 0 aliphatic carbocycles. The smallest absolute Gasteiger partial charge is 0.407 e. The highest BCUT2D eigenvalue weighted by Gasteiger charge is 2.00. The first-order valence-corrected chi connectivity index (χ1v) is 6.79. The zero-order chi connectivity index (χ0) is 13.6. The average Bonchev–Trinajstić information content (AvgIpc) is 2.32. The lowest BCUT2D eigenvalue weighted by atomic mass is 10.1. The van der Waals surface area contributed by atoms with Crippen LogP contribution in [0.1, 0.15) is 58.3 Å². The zero-order valence-corrected chi connectivity index (χ0v) is 11.2. The standard InChI is InChI=1S/C13H25NO4/c1-2-3-11-18-13(17)14-10-8-6-4-5-7-9-12(15)16/h2-11H2,1H3,(H,14,17)(H,15,16). The van der Waals surface area contributed by atoms with Gasteiger partial charge in [0.05, 0.1) is 6.61 Å². The summed E-state index contributed by atoms with van der Waals surface area (Å²) in [4.78, 5) is 21.4. The van der Waals surface area contributed by atoms with Crippen LogP contribution in [0.2, 0.25) is 0 Å². The third kappa shape index (κ3) is 12.8. The van der Waals surface area contributed by atoms with Gasteiger partial charge < -0.3 is 15.2 Å². The van der Waals surface area contributed by atoms with E-state index in [0.717, 1.165) is 44.9 Å². The minimum atomic E-state index is -0.730. The van der Waals surface area contributed by atoms with Gasteiger partial charge in [-0.15, -0.1) is 0 Å². The molecular formula is C13H25NO4. The molecule has 106 valence electrons. The molecule has 0 heterocycles. The van der Waals surface area contributed by atoms with Crippen LogP contribution in [0.5, 0.6) is 0 Å². The highest BCUT2D eigenvalue weighted by Crippen LogP contribution is 2.04. The largest absolute Gasteiger partial charge is 0.481 e. The molecule has 0 aliphatic rings. The molecule has 0 radical (unpaired) electrons. The minimum Gasteiger partial charge on any atom is -0.481 e. The molecule has 0 aliphatic heterocycles. The molecule has 0 saturated carbocycles. The maximum Gasteiger partial charge on any atom is 0.407 e. The molecule has 0 rings (SSSR count). The first-order chi connectivity index (χ1) is 8.66. The summed E-state index contributed by atoms with van der Waals surface area (Å²) in [7, 11) is 0. The van der Waals surface area contributed by atoms with Gasteiger partial charge in [-0.3, -0.25) is 4.79 Å². The number of amides is 1. The Hall–Kier alpha value is -1.26. The fraction of sp³-hybridized carbons (Fsp3) is 0.846. The van der Waals surface area contributed by atoms with Crippen molar-refractivity contribution in [1.29, 1.82) is 0 Å². The van der Waals surface area contributed by atoms with Crippen molar-refractivity contribution >= 4 is 12.1 Å². The molecule has 1 amide bonds. The number of aliphatic carboxylic acids is 1. The van der Waals surface area contributed by atoms with Gasteiger partial charge in [0, 0.05) is 13.0 Å². The second kappa shape index (κ2) is 12.2. The van der Waals surface area contributed by atoms with E-state index < -0.39 is 5.97 Å². The fourth-order valence-electron chi connectivity index (χ4n) is 1.48. The Bertz CT molecular complexity index is 231. The second-order valence-electron chi connectivity index (χ2n) is 4.33. The normalized spacial score (nSPS) is 10.1. The van der Waals surface area contributed by atoms with Crippen LogP contribution in [0, 0.1) is 0 Å². The van der Waals surface area contributed by atoms with Crippen molar-refractivity contribution < 1.29 is 19.4 Å². The Morgan fingerprint density at radius 3 is 2.39 bits per heavy atom. The van der Waals surface area contributed by atoms with Gasteiger partial charge in [-0.25, -0.2) is 4.79 Å². The maximum atomic E-state index is 11.1. The summed E-state index contributed by atoms with van der Waals surface area (Å²) in [5.41, 5.74) is 0. The predicted molar refractivity (Wildman–Crippen MR) is 69.6 cm³/mol. The third-order valence-electron chi connectivity index (χ3n) is 2.57. The van der Waals surface area contributed by atoms with Crippen molar-refractivity contribution in [2.24, 2.45) is 0 Å². The minimum absolute atomic E-state index is 0.252. The van der Waals surface area contributed by atoms with Gasteiger partial charge in [0.1, 0.15) is 0 Å². The highest BCUT2D eigenvalue weighted by atomic mass is 16.5. The summed E-state index contributed by atoms with van der Waals surface area (Å²) in [6.45, 7) is 3.16. The molecule has 0 spiro atoms. The van der Waals surface area contributed by atoms with Gasteiger partial charge in [0.2, 0.25) is 0 Å². The number of unbranched alkanes of at least 4 members (excludes halogenated alkanes) is 5. The van der Waals surface area contributed by atoms with Gasteiger partial charge >= 0.3 is 12.1 Å². The van der Waals surface area contributed by atoms with Crippen LogP contribution in [0.3, 0.4) is 0 Å². The number of carboxylic acid groups (broad SMARTS) is 1. The number of ether oxygens (including phenoxy) is 1. The molecule has 0 atom stereocenters. The molecule has 18 heavy (non-hydrogen) atoms. The lowest BCUT2D eigenvalue weighted by Gasteiger charge is -2.06. The van der Waals surface area contributed by atoms with Crippen molar-refractivity contribution in [3.63, 3.8) is 0 Å². The van der Waals surface area contributed by atoms with Crippen LogP contribution in [-0.4, -0.2) is 30.3 Å². The number of hydrogen-bond acceptors (Lipinski definition) is 3. The molecule has 0 bridgehead atoms. The quantitative estimate of drug-likeness (QED) is 0.559.